The summed E-state index contributed by atoms with van der Waals surface area (Å²) in [4.78, 5) is 27.7. The number of aliphatic hydroxyl groups is 1. The van der Waals surface area contributed by atoms with E-state index < -0.39 is 23.5 Å². The molecule has 0 spiro atoms. The number of carbonyl (C=O) groups is 2. The van der Waals surface area contributed by atoms with Crippen molar-refractivity contribution in [1.82, 2.24) is 0 Å². The number of rotatable bonds is 5. The van der Waals surface area contributed by atoms with Gasteiger partial charge in [-0.25, -0.2) is 4.39 Å². The molecule has 34 heavy (non-hydrogen) atoms. The van der Waals surface area contributed by atoms with Crippen LogP contribution in [0.15, 0.2) is 72.3 Å². The molecule has 1 aliphatic rings. The van der Waals surface area contributed by atoms with Gasteiger partial charge in [-0.15, -0.1) is 0 Å². The molecule has 5 nitrogen and oxygen atoms in total. The van der Waals surface area contributed by atoms with Crippen LogP contribution in [0.5, 0.6) is 5.75 Å². The number of anilines is 1. The van der Waals surface area contributed by atoms with E-state index in [4.69, 9.17) is 4.74 Å². The molecule has 3 aromatic rings. The number of hydrogen-bond acceptors (Lipinski definition) is 4. The Hall–Kier alpha value is -3.93. The molecule has 0 radical (unpaired) electrons. The van der Waals surface area contributed by atoms with E-state index in [0.717, 1.165) is 11.1 Å². The average Bonchev–Trinajstić information content (AvgIpc) is 3.05. The van der Waals surface area contributed by atoms with E-state index in [1.807, 2.05) is 33.8 Å². The third kappa shape index (κ3) is 4.19. The molecule has 0 saturated carbocycles. The fourth-order valence-electron chi connectivity index (χ4n) is 4.21. The van der Waals surface area contributed by atoms with E-state index in [1.54, 1.807) is 42.5 Å². The Kier molecular flexibility index (Phi) is 6.24. The van der Waals surface area contributed by atoms with Crippen molar-refractivity contribution in [1.29, 1.82) is 0 Å². The second-order valence-electron chi connectivity index (χ2n) is 8.68. The lowest BCUT2D eigenvalue weighted by Gasteiger charge is -2.26. The average molecular weight is 460 g/mol. The van der Waals surface area contributed by atoms with Crippen LogP contribution in [0.3, 0.4) is 0 Å². The Morgan fingerprint density at radius 1 is 1.00 bits per heavy atom. The largest absolute Gasteiger partial charge is 0.507 e. The Balaban J connectivity index is 1.92. The van der Waals surface area contributed by atoms with Gasteiger partial charge in [0.25, 0.3) is 11.7 Å². The van der Waals surface area contributed by atoms with Crippen molar-refractivity contribution in [3.63, 3.8) is 0 Å². The minimum atomic E-state index is -1.12. The van der Waals surface area contributed by atoms with Gasteiger partial charge in [0.05, 0.1) is 17.7 Å². The highest BCUT2D eigenvalue weighted by Crippen LogP contribution is 2.43. The highest BCUT2D eigenvalue weighted by molar-refractivity contribution is 6.51. The summed E-state index contributed by atoms with van der Waals surface area (Å²) in [5, 5.41) is 11.3. The fourth-order valence-corrected chi connectivity index (χ4v) is 4.21. The van der Waals surface area contributed by atoms with Gasteiger partial charge in [0.1, 0.15) is 17.3 Å². The molecule has 0 aliphatic carbocycles. The molecule has 1 fully saturated rings. The van der Waals surface area contributed by atoms with Crippen molar-refractivity contribution >= 4 is 23.1 Å². The normalized spacial score (nSPS) is 17.5. The first-order valence-corrected chi connectivity index (χ1v) is 11.1. The molecule has 1 amide bonds. The van der Waals surface area contributed by atoms with Crippen LogP contribution in [0.25, 0.3) is 5.76 Å². The third-order valence-electron chi connectivity index (χ3n) is 5.74. The van der Waals surface area contributed by atoms with Crippen molar-refractivity contribution < 1.29 is 23.8 Å². The summed E-state index contributed by atoms with van der Waals surface area (Å²) in [6.07, 6.45) is -0.0288. The van der Waals surface area contributed by atoms with E-state index in [2.05, 4.69) is 0 Å². The Bertz CT molecular complexity index is 1310. The highest BCUT2D eigenvalue weighted by Gasteiger charge is 2.47. The minimum Gasteiger partial charge on any atom is -0.507 e. The van der Waals surface area contributed by atoms with Crippen LogP contribution in [-0.2, 0) is 9.59 Å². The van der Waals surface area contributed by atoms with Gasteiger partial charge in [-0.05, 0) is 75.2 Å². The first-order valence-electron chi connectivity index (χ1n) is 11.1. The zero-order valence-corrected chi connectivity index (χ0v) is 19.5. The Morgan fingerprint density at radius 2 is 1.74 bits per heavy atom. The first-order chi connectivity index (χ1) is 16.2. The lowest BCUT2D eigenvalue weighted by Crippen LogP contribution is -2.29. The van der Waals surface area contributed by atoms with E-state index in [1.165, 1.54) is 23.1 Å². The molecular formula is C28H26FNO4. The van der Waals surface area contributed by atoms with Crippen LogP contribution >= 0.6 is 0 Å². The number of amides is 1. The third-order valence-corrected chi connectivity index (χ3v) is 5.74. The van der Waals surface area contributed by atoms with Gasteiger partial charge in [-0.2, -0.15) is 0 Å². The van der Waals surface area contributed by atoms with E-state index in [-0.39, 0.29) is 23.0 Å². The Morgan fingerprint density at radius 3 is 2.38 bits per heavy atom. The molecule has 4 rings (SSSR count). The van der Waals surface area contributed by atoms with Crippen LogP contribution < -0.4 is 9.64 Å². The monoisotopic (exact) mass is 459 g/mol. The number of ketones is 1. The number of aryl methyl sites for hydroxylation is 2. The van der Waals surface area contributed by atoms with Gasteiger partial charge in [0.15, 0.2) is 0 Å². The summed E-state index contributed by atoms with van der Waals surface area (Å²) in [5.41, 5.74) is 2.40. The lowest BCUT2D eigenvalue weighted by atomic mass is 9.94. The van der Waals surface area contributed by atoms with Crippen LogP contribution in [0.2, 0.25) is 0 Å². The van der Waals surface area contributed by atoms with Crippen LogP contribution in [-0.4, -0.2) is 22.9 Å². The molecule has 174 valence electrons. The van der Waals surface area contributed by atoms with Crippen LogP contribution in [0.1, 0.15) is 42.1 Å². The fraction of sp³-hybridized carbons (Fsp3) is 0.214. The minimum absolute atomic E-state index is 0.0288. The number of hydrogen-bond donors (Lipinski definition) is 1. The standard InChI is InChI=1S/C28H26FNO4/c1-16(2)34-23-13-12-19(15-18(23)4)26(31)24-25(21-10-5-6-11-22(21)29)30(28(33)27(24)32)20-9-7-8-17(3)14-20/h5-16,25,31H,1-4H3/b26-24+. The molecule has 1 unspecified atom stereocenters. The molecular weight excluding hydrogens is 433 g/mol. The zero-order chi connectivity index (χ0) is 24.6. The number of carbonyl (C=O) groups excluding carboxylic acids is 2. The maximum Gasteiger partial charge on any atom is 0.300 e. The molecule has 6 heteroatoms. The van der Waals surface area contributed by atoms with E-state index in [0.29, 0.717) is 17.0 Å². The number of nitrogens with zero attached hydrogens (tertiary/aromatic N) is 1. The molecule has 1 heterocycles. The molecule has 0 bridgehead atoms. The van der Waals surface area contributed by atoms with Crippen molar-refractivity contribution in [2.75, 3.05) is 4.90 Å². The number of ether oxygens (including phenoxy) is 1. The van der Waals surface area contributed by atoms with Gasteiger partial charge >= 0.3 is 0 Å². The summed E-state index contributed by atoms with van der Waals surface area (Å²) in [5.74, 6) is -1.97. The van der Waals surface area contributed by atoms with Crippen LogP contribution in [0, 0.1) is 19.7 Å². The maximum absolute atomic E-state index is 15.0. The summed E-state index contributed by atoms with van der Waals surface area (Å²) in [6, 6.07) is 16.9. The predicted octanol–water partition coefficient (Wildman–Crippen LogP) is 5.86. The van der Waals surface area contributed by atoms with Crippen molar-refractivity contribution in [2.45, 2.75) is 39.8 Å². The number of Topliss-reactive ketones (excluding diaryl/α,β-unsaturated/α-hetero) is 1. The van der Waals surface area contributed by atoms with E-state index >= 15 is 0 Å². The quantitative estimate of drug-likeness (QED) is 0.295. The van der Waals surface area contributed by atoms with Crippen molar-refractivity contribution in [2.24, 2.45) is 0 Å². The predicted molar refractivity (Wildman–Crippen MR) is 129 cm³/mol. The molecule has 1 aliphatic heterocycles. The summed E-state index contributed by atoms with van der Waals surface area (Å²) >= 11 is 0. The van der Waals surface area contributed by atoms with Gasteiger partial charge in [-0.1, -0.05) is 30.3 Å². The van der Waals surface area contributed by atoms with Gasteiger partial charge < -0.3 is 9.84 Å². The topological polar surface area (TPSA) is 66.8 Å². The number of benzene rings is 3. The number of halogens is 1. The zero-order valence-electron chi connectivity index (χ0n) is 19.5. The van der Waals surface area contributed by atoms with Gasteiger partial charge in [0.2, 0.25) is 0 Å². The molecule has 0 aromatic heterocycles. The smallest absolute Gasteiger partial charge is 0.300 e. The second kappa shape index (κ2) is 9.14. The van der Waals surface area contributed by atoms with Gasteiger partial charge in [0, 0.05) is 16.8 Å². The maximum atomic E-state index is 15.0. The molecule has 1 saturated heterocycles. The molecule has 1 atom stereocenters. The summed E-state index contributed by atoms with van der Waals surface area (Å²) < 4.78 is 20.7. The lowest BCUT2D eigenvalue weighted by molar-refractivity contribution is -0.132. The van der Waals surface area contributed by atoms with Crippen molar-refractivity contribution in [3.8, 4) is 5.75 Å². The van der Waals surface area contributed by atoms with Crippen LogP contribution in [0.4, 0.5) is 10.1 Å². The SMILES string of the molecule is Cc1cccc(N2C(=O)C(=O)/C(=C(/O)c3ccc(OC(C)C)c(C)c3)C2c2ccccc2F)c1. The van der Waals surface area contributed by atoms with Crippen molar-refractivity contribution in [3.05, 3.63) is 100 Å². The van der Waals surface area contributed by atoms with E-state index in [9.17, 15) is 19.1 Å². The van der Waals surface area contributed by atoms with Gasteiger partial charge in [-0.3, -0.25) is 14.5 Å². The molecule has 3 aromatic carbocycles. The first kappa shape index (κ1) is 23.2. The Labute approximate surface area is 198 Å². The summed E-state index contributed by atoms with van der Waals surface area (Å²) in [7, 11) is 0. The summed E-state index contributed by atoms with van der Waals surface area (Å²) in [6.45, 7) is 7.51. The second-order valence-corrected chi connectivity index (χ2v) is 8.68. The molecule has 1 N–H and O–H groups in total. The number of aliphatic hydroxyl groups excluding tert-OH is 1. The highest BCUT2D eigenvalue weighted by atomic mass is 19.1.